The van der Waals surface area contributed by atoms with Gasteiger partial charge in [0, 0.05) is 11.3 Å². The molecule has 1 aromatic heterocycles. The van der Waals surface area contributed by atoms with E-state index in [0.29, 0.717) is 31.9 Å². The van der Waals surface area contributed by atoms with Crippen LogP contribution in [-0.4, -0.2) is 18.1 Å². The number of methoxy groups -OCH3 is 1. The van der Waals surface area contributed by atoms with Crippen molar-refractivity contribution >= 4 is 40.8 Å². The van der Waals surface area contributed by atoms with Gasteiger partial charge >= 0.3 is 5.97 Å². The zero-order chi connectivity index (χ0) is 14.9. The number of aryl methyl sites for hydroxylation is 1. The Morgan fingerprint density at radius 3 is 2.40 bits per heavy atom. The zero-order valence-corrected chi connectivity index (χ0v) is 13.0. The van der Waals surface area contributed by atoms with E-state index in [0.717, 1.165) is 5.69 Å². The molecule has 0 amide bonds. The molecular formula is C14H10Cl3NO2. The maximum absolute atomic E-state index is 11.8. The first-order valence-electron chi connectivity index (χ1n) is 5.65. The molecule has 0 saturated carbocycles. The van der Waals surface area contributed by atoms with Gasteiger partial charge in [0.05, 0.1) is 33.4 Å². The highest BCUT2D eigenvalue weighted by atomic mass is 35.5. The van der Waals surface area contributed by atoms with Gasteiger partial charge in [0.2, 0.25) is 0 Å². The van der Waals surface area contributed by atoms with Crippen molar-refractivity contribution in [2.24, 2.45) is 0 Å². The minimum Gasteiger partial charge on any atom is -0.465 e. The quantitative estimate of drug-likeness (QED) is 0.586. The van der Waals surface area contributed by atoms with Crippen molar-refractivity contribution in [1.82, 2.24) is 4.98 Å². The summed E-state index contributed by atoms with van der Waals surface area (Å²) in [6.45, 7) is 1.82. The third-order valence-corrected chi connectivity index (χ3v) is 3.74. The monoisotopic (exact) mass is 329 g/mol. The number of ether oxygens (including phenoxy) is 1. The number of halogens is 3. The number of hydrogen-bond acceptors (Lipinski definition) is 3. The molecule has 104 valence electrons. The molecule has 2 rings (SSSR count). The number of carbonyl (C=O) groups excluding carboxylic acids is 1. The summed E-state index contributed by atoms with van der Waals surface area (Å²) in [5.74, 6) is -0.491. The molecule has 0 fully saturated rings. The fourth-order valence-electron chi connectivity index (χ4n) is 1.74. The molecule has 0 spiro atoms. The van der Waals surface area contributed by atoms with E-state index < -0.39 is 5.97 Å². The van der Waals surface area contributed by atoms with Crippen molar-refractivity contribution in [2.45, 2.75) is 6.92 Å². The number of rotatable bonds is 2. The summed E-state index contributed by atoms with van der Waals surface area (Å²) in [6.07, 6.45) is 0. The average molecular weight is 331 g/mol. The first-order chi connectivity index (χ1) is 9.43. The summed E-state index contributed by atoms with van der Waals surface area (Å²) in [7, 11) is 1.31. The van der Waals surface area contributed by atoms with E-state index in [1.165, 1.54) is 13.2 Å². The van der Waals surface area contributed by atoms with Crippen molar-refractivity contribution in [3.8, 4) is 11.3 Å². The molecule has 1 heterocycles. The smallest absolute Gasteiger partial charge is 0.340 e. The Morgan fingerprint density at radius 2 is 1.75 bits per heavy atom. The molecule has 0 aliphatic rings. The molecule has 0 aliphatic heterocycles. The third kappa shape index (κ3) is 2.90. The highest BCUT2D eigenvalue weighted by Crippen LogP contribution is 2.36. The Labute approximate surface area is 131 Å². The van der Waals surface area contributed by atoms with Gasteiger partial charge < -0.3 is 4.74 Å². The lowest BCUT2D eigenvalue weighted by Crippen LogP contribution is -2.06. The van der Waals surface area contributed by atoms with Crippen LogP contribution in [0.1, 0.15) is 16.1 Å². The maximum atomic E-state index is 11.8. The fourth-order valence-corrected chi connectivity index (χ4v) is 2.38. The topological polar surface area (TPSA) is 39.2 Å². The minimum absolute atomic E-state index is 0.318. The van der Waals surface area contributed by atoms with E-state index in [1.807, 2.05) is 6.92 Å². The van der Waals surface area contributed by atoms with Gasteiger partial charge in [0.15, 0.2) is 0 Å². The van der Waals surface area contributed by atoms with Crippen LogP contribution in [0.4, 0.5) is 0 Å². The molecule has 0 aliphatic carbocycles. The van der Waals surface area contributed by atoms with E-state index >= 15 is 0 Å². The lowest BCUT2D eigenvalue weighted by Gasteiger charge is -2.11. The Balaban J connectivity index is 2.71. The lowest BCUT2D eigenvalue weighted by molar-refractivity contribution is 0.0601. The molecule has 0 saturated heterocycles. The van der Waals surface area contributed by atoms with Gasteiger partial charge in [-0.1, -0.05) is 34.8 Å². The SMILES string of the molecule is COC(=O)c1ccc(C)nc1-c1cc(Cl)c(Cl)cc1Cl. The maximum Gasteiger partial charge on any atom is 0.340 e. The van der Waals surface area contributed by atoms with Crippen LogP contribution in [0.3, 0.4) is 0 Å². The molecular weight excluding hydrogens is 321 g/mol. The number of pyridine rings is 1. The summed E-state index contributed by atoms with van der Waals surface area (Å²) in [6, 6.07) is 6.47. The Kier molecular flexibility index (Phi) is 4.53. The second-order valence-corrected chi connectivity index (χ2v) is 5.31. The highest BCUT2D eigenvalue weighted by molar-refractivity contribution is 6.44. The molecule has 0 N–H and O–H groups in total. The van der Waals surface area contributed by atoms with Gasteiger partial charge in [-0.05, 0) is 31.2 Å². The highest BCUT2D eigenvalue weighted by Gasteiger charge is 2.18. The summed E-state index contributed by atoms with van der Waals surface area (Å²) < 4.78 is 4.75. The van der Waals surface area contributed by atoms with E-state index in [1.54, 1.807) is 18.2 Å². The first kappa shape index (κ1) is 15.1. The van der Waals surface area contributed by atoms with Crippen LogP contribution in [0.15, 0.2) is 24.3 Å². The summed E-state index contributed by atoms with van der Waals surface area (Å²) in [5, 5.41) is 1.04. The number of hydrogen-bond donors (Lipinski definition) is 0. The molecule has 6 heteroatoms. The summed E-state index contributed by atoms with van der Waals surface area (Å²) in [5.41, 5.74) is 2.01. The van der Waals surface area contributed by atoms with Crippen molar-refractivity contribution in [2.75, 3.05) is 7.11 Å². The largest absolute Gasteiger partial charge is 0.465 e. The van der Waals surface area contributed by atoms with E-state index in [4.69, 9.17) is 39.5 Å². The van der Waals surface area contributed by atoms with Crippen molar-refractivity contribution in [3.63, 3.8) is 0 Å². The number of carbonyl (C=O) groups is 1. The normalized spacial score (nSPS) is 10.4. The molecule has 0 bridgehead atoms. The van der Waals surface area contributed by atoms with Crippen molar-refractivity contribution in [1.29, 1.82) is 0 Å². The number of nitrogens with zero attached hydrogens (tertiary/aromatic N) is 1. The van der Waals surface area contributed by atoms with E-state index in [9.17, 15) is 4.79 Å². The number of aromatic nitrogens is 1. The second kappa shape index (κ2) is 6.00. The Morgan fingerprint density at radius 1 is 1.10 bits per heavy atom. The second-order valence-electron chi connectivity index (χ2n) is 4.09. The third-order valence-electron chi connectivity index (χ3n) is 2.70. The predicted octanol–water partition coefficient (Wildman–Crippen LogP) is 4.80. The van der Waals surface area contributed by atoms with Crippen molar-refractivity contribution in [3.05, 3.63) is 50.6 Å². The van der Waals surface area contributed by atoms with Gasteiger partial charge in [-0.3, -0.25) is 4.98 Å². The Bertz CT molecular complexity index is 686. The molecule has 3 nitrogen and oxygen atoms in total. The average Bonchev–Trinajstić information content (AvgIpc) is 2.42. The molecule has 0 radical (unpaired) electrons. The molecule has 2 aromatic rings. The summed E-state index contributed by atoms with van der Waals surface area (Å²) >= 11 is 18.1. The van der Waals surface area contributed by atoms with Crippen molar-refractivity contribution < 1.29 is 9.53 Å². The van der Waals surface area contributed by atoms with Crippen LogP contribution in [0.5, 0.6) is 0 Å². The molecule has 20 heavy (non-hydrogen) atoms. The number of benzene rings is 1. The minimum atomic E-state index is -0.491. The van der Waals surface area contributed by atoms with E-state index in [2.05, 4.69) is 4.98 Å². The predicted molar refractivity (Wildman–Crippen MR) is 80.8 cm³/mol. The Hall–Kier alpha value is -1.29. The first-order valence-corrected chi connectivity index (χ1v) is 6.78. The van der Waals surface area contributed by atoms with Gasteiger partial charge in [-0.25, -0.2) is 4.79 Å². The molecule has 0 atom stereocenters. The van der Waals surface area contributed by atoms with Gasteiger partial charge in [-0.15, -0.1) is 0 Å². The van der Waals surface area contributed by atoms with Crippen LogP contribution >= 0.6 is 34.8 Å². The van der Waals surface area contributed by atoms with Crippen LogP contribution in [0.25, 0.3) is 11.3 Å². The van der Waals surface area contributed by atoms with Gasteiger partial charge in [0.1, 0.15) is 0 Å². The zero-order valence-electron chi connectivity index (χ0n) is 10.7. The van der Waals surface area contributed by atoms with Crippen LogP contribution in [0, 0.1) is 6.92 Å². The molecule has 0 unspecified atom stereocenters. The van der Waals surface area contributed by atoms with E-state index in [-0.39, 0.29) is 0 Å². The standard InChI is InChI=1S/C14H10Cl3NO2/c1-7-3-4-8(14(19)20-2)13(18-7)9-5-11(16)12(17)6-10(9)15/h3-6H,1-2H3. The number of esters is 1. The summed E-state index contributed by atoms with van der Waals surface area (Å²) in [4.78, 5) is 16.2. The van der Waals surface area contributed by atoms with Crippen LogP contribution in [0.2, 0.25) is 15.1 Å². The fraction of sp³-hybridized carbons (Fsp3) is 0.143. The van der Waals surface area contributed by atoms with Crippen LogP contribution < -0.4 is 0 Å². The lowest BCUT2D eigenvalue weighted by atomic mass is 10.0. The van der Waals surface area contributed by atoms with Gasteiger partial charge in [-0.2, -0.15) is 0 Å². The molecule has 1 aromatic carbocycles. The van der Waals surface area contributed by atoms with Gasteiger partial charge in [0.25, 0.3) is 0 Å². The van der Waals surface area contributed by atoms with Crippen LogP contribution in [-0.2, 0) is 4.74 Å².